The van der Waals surface area contributed by atoms with Crippen molar-refractivity contribution < 1.29 is 13.5 Å². The third-order valence-electron chi connectivity index (χ3n) is 4.02. The molecule has 0 amide bonds. The molecule has 6 heteroatoms. The van der Waals surface area contributed by atoms with Crippen molar-refractivity contribution in [3.05, 3.63) is 0 Å². The fourth-order valence-electron chi connectivity index (χ4n) is 3.12. The third kappa shape index (κ3) is 3.23. The molecule has 0 bridgehead atoms. The Hall–Kier alpha value is -0.170. The van der Waals surface area contributed by atoms with E-state index in [0.29, 0.717) is 6.04 Å². The van der Waals surface area contributed by atoms with E-state index in [2.05, 4.69) is 17.1 Å². The van der Waals surface area contributed by atoms with E-state index in [0.717, 1.165) is 32.5 Å². The van der Waals surface area contributed by atoms with Gasteiger partial charge in [0, 0.05) is 12.6 Å². The molecular weight excluding hydrogens is 252 g/mol. The Morgan fingerprint density at radius 2 is 2.11 bits per heavy atom. The van der Waals surface area contributed by atoms with E-state index in [-0.39, 0.29) is 17.5 Å². The second-order valence-electron chi connectivity index (χ2n) is 5.41. The highest BCUT2D eigenvalue weighted by Gasteiger charge is 2.42. The minimum absolute atomic E-state index is 0.0674. The van der Waals surface area contributed by atoms with Gasteiger partial charge in [0.05, 0.1) is 23.7 Å². The summed E-state index contributed by atoms with van der Waals surface area (Å²) in [4.78, 5) is 2.22. The van der Waals surface area contributed by atoms with Crippen LogP contribution >= 0.6 is 0 Å². The van der Waals surface area contributed by atoms with Crippen molar-refractivity contribution in [2.24, 2.45) is 0 Å². The Morgan fingerprint density at radius 1 is 1.33 bits per heavy atom. The summed E-state index contributed by atoms with van der Waals surface area (Å²) in [7, 11) is -3.05. The number of aliphatic hydroxyl groups excluding tert-OH is 1. The largest absolute Gasteiger partial charge is 0.390 e. The second-order valence-corrected chi connectivity index (χ2v) is 7.56. The first-order valence-electron chi connectivity index (χ1n) is 6.88. The summed E-state index contributed by atoms with van der Waals surface area (Å²) in [6.45, 7) is 4.80. The van der Waals surface area contributed by atoms with Gasteiger partial charge in [-0.2, -0.15) is 0 Å². The van der Waals surface area contributed by atoms with Crippen LogP contribution in [-0.2, 0) is 9.84 Å². The Morgan fingerprint density at radius 3 is 2.72 bits per heavy atom. The number of aliphatic hydroxyl groups is 1. The normalized spacial score (nSPS) is 36.9. The van der Waals surface area contributed by atoms with Crippen molar-refractivity contribution in [2.45, 2.75) is 44.4 Å². The third-order valence-corrected chi connectivity index (χ3v) is 5.72. The first kappa shape index (κ1) is 14.2. The van der Waals surface area contributed by atoms with E-state index in [4.69, 9.17) is 0 Å². The fourth-order valence-corrected chi connectivity index (χ4v) is 4.93. The average molecular weight is 276 g/mol. The quantitative estimate of drug-likeness (QED) is 0.732. The molecule has 0 aromatic rings. The van der Waals surface area contributed by atoms with Gasteiger partial charge in [0.1, 0.15) is 0 Å². The Bertz CT molecular complexity index is 372. The minimum Gasteiger partial charge on any atom is -0.390 e. The van der Waals surface area contributed by atoms with Crippen LogP contribution in [0.4, 0.5) is 0 Å². The van der Waals surface area contributed by atoms with Gasteiger partial charge in [-0.05, 0) is 25.9 Å². The molecule has 0 aromatic carbocycles. The molecule has 18 heavy (non-hydrogen) atoms. The van der Waals surface area contributed by atoms with Crippen molar-refractivity contribution in [1.82, 2.24) is 10.2 Å². The summed E-state index contributed by atoms with van der Waals surface area (Å²) in [5, 5.41) is 13.3. The summed E-state index contributed by atoms with van der Waals surface area (Å²) in [6.07, 6.45) is 2.68. The topological polar surface area (TPSA) is 69.6 Å². The van der Waals surface area contributed by atoms with Crippen molar-refractivity contribution >= 4 is 9.84 Å². The fraction of sp³-hybridized carbons (Fsp3) is 1.00. The number of sulfone groups is 1. The standard InChI is InChI=1S/C12H24N2O3S/c1-2-13-7-10-5-3-4-6-14(10)11-8-18(16,17)9-12(11)15/h10-13,15H,2-9H2,1H3. The Labute approximate surface area is 109 Å². The number of hydrogen-bond acceptors (Lipinski definition) is 5. The maximum Gasteiger partial charge on any atom is 0.154 e. The van der Waals surface area contributed by atoms with E-state index in [1.54, 1.807) is 0 Å². The van der Waals surface area contributed by atoms with Crippen LogP contribution in [-0.4, -0.2) is 67.8 Å². The lowest BCUT2D eigenvalue weighted by Crippen LogP contribution is -2.54. The summed E-state index contributed by atoms with van der Waals surface area (Å²) in [5.41, 5.74) is 0. The van der Waals surface area contributed by atoms with Crippen LogP contribution < -0.4 is 5.32 Å². The van der Waals surface area contributed by atoms with Crippen LogP contribution in [0.15, 0.2) is 0 Å². The van der Waals surface area contributed by atoms with Crippen LogP contribution in [0.5, 0.6) is 0 Å². The molecule has 3 unspecified atom stereocenters. The highest BCUT2D eigenvalue weighted by atomic mass is 32.2. The molecule has 0 saturated carbocycles. The molecule has 2 aliphatic rings. The Kier molecular flexibility index (Phi) is 4.64. The van der Waals surface area contributed by atoms with E-state index < -0.39 is 15.9 Å². The summed E-state index contributed by atoms with van der Waals surface area (Å²) in [5.74, 6) is 0.0544. The molecule has 0 radical (unpaired) electrons. The van der Waals surface area contributed by atoms with Gasteiger partial charge in [0.25, 0.3) is 0 Å². The van der Waals surface area contributed by atoms with Crippen molar-refractivity contribution in [1.29, 1.82) is 0 Å². The second kappa shape index (κ2) is 5.86. The number of likely N-dealkylation sites (tertiary alicyclic amines) is 1. The zero-order valence-electron chi connectivity index (χ0n) is 11.0. The van der Waals surface area contributed by atoms with Crippen molar-refractivity contribution in [3.63, 3.8) is 0 Å². The molecule has 0 aliphatic carbocycles. The SMILES string of the molecule is CCNCC1CCCCN1C1CS(=O)(=O)CC1O. The van der Waals surface area contributed by atoms with Crippen LogP contribution in [0, 0.1) is 0 Å². The summed E-state index contributed by atoms with van der Waals surface area (Å²) in [6, 6.07) is 0.172. The highest BCUT2D eigenvalue weighted by molar-refractivity contribution is 7.91. The van der Waals surface area contributed by atoms with Gasteiger partial charge in [-0.25, -0.2) is 8.42 Å². The number of nitrogens with zero attached hydrogens (tertiary/aromatic N) is 1. The molecule has 5 nitrogen and oxygen atoms in total. The van der Waals surface area contributed by atoms with Gasteiger partial charge in [-0.15, -0.1) is 0 Å². The lowest BCUT2D eigenvalue weighted by atomic mass is 9.98. The summed E-state index contributed by atoms with van der Waals surface area (Å²) >= 11 is 0. The lowest BCUT2D eigenvalue weighted by Gasteiger charge is -2.40. The predicted molar refractivity (Wildman–Crippen MR) is 71.3 cm³/mol. The molecule has 2 heterocycles. The molecule has 3 atom stereocenters. The van der Waals surface area contributed by atoms with Gasteiger partial charge in [0.15, 0.2) is 9.84 Å². The van der Waals surface area contributed by atoms with E-state index >= 15 is 0 Å². The number of nitrogens with one attached hydrogen (secondary N) is 1. The molecule has 2 rings (SSSR count). The zero-order chi connectivity index (χ0) is 13.2. The van der Waals surface area contributed by atoms with Crippen LogP contribution in [0.3, 0.4) is 0 Å². The average Bonchev–Trinajstić information content (AvgIpc) is 2.60. The zero-order valence-corrected chi connectivity index (χ0v) is 11.8. The van der Waals surface area contributed by atoms with Gasteiger partial charge in [-0.3, -0.25) is 4.90 Å². The molecule has 2 aliphatic heterocycles. The van der Waals surface area contributed by atoms with E-state index in [1.165, 1.54) is 6.42 Å². The number of hydrogen-bond donors (Lipinski definition) is 2. The van der Waals surface area contributed by atoms with Gasteiger partial charge < -0.3 is 10.4 Å². The van der Waals surface area contributed by atoms with Crippen LogP contribution in [0.1, 0.15) is 26.2 Å². The molecule has 0 spiro atoms. The van der Waals surface area contributed by atoms with Crippen molar-refractivity contribution in [2.75, 3.05) is 31.1 Å². The number of rotatable bonds is 4. The molecule has 106 valence electrons. The van der Waals surface area contributed by atoms with E-state index in [1.807, 2.05) is 0 Å². The predicted octanol–water partition coefficient (Wildman–Crippen LogP) is -0.392. The molecular formula is C12H24N2O3S. The van der Waals surface area contributed by atoms with Crippen molar-refractivity contribution in [3.8, 4) is 0 Å². The van der Waals surface area contributed by atoms with Gasteiger partial charge >= 0.3 is 0 Å². The molecule has 2 fully saturated rings. The van der Waals surface area contributed by atoms with Gasteiger partial charge in [-0.1, -0.05) is 13.3 Å². The smallest absolute Gasteiger partial charge is 0.154 e. The number of piperidine rings is 1. The molecule has 2 N–H and O–H groups in total. The lowest BCUT2D eigenvalue weighted by molar-refractivity contribution is 0.0348. The van der Waals surface area contributed by atoms with Crippen LogP contribution in [0.25, 0.3) is 0 Å². The number of likely N-dealkylation sites (N-methyl/N-ethyl adjacent to an activating group) is 1. The maximum atomic E-state index is 11.6. The first-order valence-corrected chi connectivity index (χ1v) is 8.70. The Balaban J connectivity index is 2.04. The summed E-state index contributed by atoms with van der Waals surface area (Å²) < 4.78 is 23.2. The van der Waals surface area contributed by atoms with E-state index in [9.17, 15) is 13.5 Å². The highest BCUT2D eigenvalue weighted by Crippen LogP contribution is 2.26. The first-order chi connectivity index (χ1) is 8.53. The molecule has 0 aromatic heterocycles. The maximum absolute atomic E-state index is 11.6. The van der Waals surface area contributed by atoms with Crippen LogP contribution in [0.2, 0.25) is 0 Å². The minimum atomic E-state index is -3.05. The monoisotopic (exact) mass is 276 g/mol. The molecule has 2 saturated heterocycles. The van der Waals surface area contributed by atoms with Gasteiger partial charge in [0.2, 0.25) is 0 Å².